The summed E-state index contributed by atoms with van der Waals surface area (Å²) in [7, 11) is 0. The van der Waals surface area contributed by atoms with Gasteiger partial charge < -0.3 is 14.7 Å². The number of pyridine rings is 1. The Bertz CT molecular complexity index is 1470. The van der Waals surface area contributed by atoms with E-state index in [2.05, 4.69) is 10.1 Å². The Morgan fingerprint density at radius 1 is 0.895 bits per heavy atom. The molecular weight excluding hydrogens is 490 g/mol. The van der Waals surface area contributed by atoms with Gasteiger partial charge in [-0.3, -0.25) is 9.78 Å². The summed E-state index contributed by atoms with van der Waals surface area (Å²) in [6, 6.07) is 23.1. The van der Waals surface area contributed by atoms with Crippen LogP contribution in [0.4, 0.5) is 8.78 Å². The van der Waals surface area contributed by atoms with Crippen LogP contribution in [-0.2, 0) is 16.1 Å². The topological polar surface area (TPSA) is 81.0 Å². The normalized spacial score (nSPS) is 11.9. The van der Waals surface area contributed by atoms with Crippen LogP contribution in [0.3, 0.4) is 0 Å². The Balaban J connectivity index is 1.61. The van der Waals surface area contributed by atoms with Crippen LogP contribution in [-0.4, -0.2) is 21.9 Å². The van der Waals surface area contributed by atoms with Crippen LogP contribution in [0.1, 0.15) is 22.4 Å². The summed E-state index contributed by atoms with van der Waals surface area (Å²) in [6.07, 6.45) is 5.72. The number of allylic oxidation sites excluding steroid dienone is 2. The quantitative estimate of drug-likeness (QED) is 0.0700. The van der Waals surface area contributed by atoms with Crippen LogP contribution in [0, 0.1) is 11.6 Å². The standard InChI is InChI=1S/C30H22F2N2O4/c31-24-11-7-21(8-12-24)20-37-28-6-3-4-23(18-28)29(19-27(35)16-15-26-5-1-2-17-33-26)38-30(34-36)22-9-13-25(32)14-10-22/h1-19,36H,20H2. The highest BCUT2D eigenvalue weighted by Gasteiger charge is 2.14. The van der Waals surface area contributed by atoms with Crippen LogP contribution in [0.5, 0.6) is 5.75 Å². The Labute approximate surface area is 217 Å². The van der Waals surface area contributed by atoms with Crippen molar-refractivity contribution in [2.24, 2.45) is 5.16 Å². The number of hydrogen-bond donors (Lipinski definition) is 1. The molecule has 0 spiro atoms. The Kier molecular flexibility index (Phi) is 8.70. The van der Waals surface area contributed by atoms with Crippen LogP contribution in [0.15, 0.2) is 115 Å². The zero-order valence-electron chi connectivity index (χ0n) is 20.0. The van der Waals surface area contributed by atoms with Gasteiger partial charge in [-0.05, 0) is 83.5 Å². The maximum atomic E-state index is 13.4. The third-order valence-corrected chi connectivity index (χ3v) is 5.21. The summed E-state index contributed by atoms with van der Waals surface area (Å²) in [5.74, 6) is -0.947. The molecule has 1 heterocycles. The monoisotopic (exact) mass is 512 g/mol. The number of nitrogens with zero attached hydrogens (tertiary/aromatic N) is 2. The first-order valence-electron chi connectivity index (χ1n) is 11.5. The molecule has 0 radical (unpaired) electrons. The van der Waals surface area contributed by atoms with Gasteiger partial charge in [0, 0.05) is 23.4 Å². The first kappa shape index (κ1) is 26.0. The Morgan fingerprint density at radius 2 is 1.63 bits per heavy atom. The molecule has 0 fully saturated rings. The molecule has 0 saturated heterocycles. The van der Waals surface area contributed by atoms with Crippen molar-refractivity contribution < 1.29 is 28.3 Å². The van der Waals surface area contributed by atoms with Crippen LogP contribution in [0.25, 0.3) is 11.8 Å². The molecule has 0 saturated carbocycles. The number of ether oxygens (including phenoxy) is 2. The van der Waals surface area contributed by atoms with Crippen molar-refractivity contribution in [2.45, 2.75) is 6.61 Å². The second-order valence-electron chi connectivity index (χ2n) is 7.96. The number of carbonyl (C=O) groups is 1. The van der Waals surface area contributed by atoms with Crippen molar-refractivity contribution in [1.82, 2.24) is 4.98 Å². The number of aromatic nitrogens is 1. The molecule has 1 N–H and O–H groups in total. The minimum Gasteiger partial charge on any atom is -0.489 e. The van der Waals surface area contributed by atoms with Gasteiger partial charge in [-0.15, -0.1) is 0 Å². The average molecular weight is 513 g/mol. The SMILES string of the molecule is O=C(C=Cc1ccccn1)C=C(OC(=NO)c1ccc(F)cc1)c1cccc(OCc2ccc(F)cc2)c1. The average Bonchev–Trinajstić information content (AvgIpc) is 2.95. The summed E-state index contributed by atoms with van der Waals surface area (Å²) >= 11 is 0. The number of benzene rings is 3. The van der Waals surface area contributed by atoms with Crippen molar-refractivity contribution in [2.75, 3.05) is 0 Å². The fourth-order valence-corrected chi connectivity index (χ4v) is 3.31. The van der Waals surface area contributed by atoms with E-state index in [4.69, 9.17) is 9.47 Å². The third kappa shape index (κ3) is 7.44. The molecule has 6 nitrogen and oxygen atoms in total. The van der Waals surface area contributed by atoms with E-state index in [1.54, 1.807) is 66.9 Å². The first-order valence-corrected chi connectivity index (χ1v) is 11.5. The lowest BCUT2D eigenvalue weighted by Gasteiger charge is -2.13. The van der Waals surface area contributed by atoms with Gasteiger partial charge in [0.05, 0.1) is 5.69 Å². The molecule has 38 heavy (non-hydrogen) atoms. The second kappa shape index (κ2) is 12.7. The third-order valence-electron chi connectivity index (χ3n) is 5.21. The largest absolute Gasteiger partial charge is 0.489 e. The lowest BCUT2D eigenvalue weighted by atomic mass is 10.1. The van der Waals surface area contributed by atoms with Gasteiger partial charge in [-0.25, -0.2) is 8.78 Å². The molecule has 8 heteroatoms. The summed E-state index contributed by atoms with van der Waals surface area (Å²) in [4.78, 5) is 16.9. The predicted molar refractivity (Wildman–Crippen MR) is 139 cm³/mol. The first-order chi connectivity index (χ1) is 18.5. The van der Waals surface area contributed by atoms with Crippen LogP contribution < -0.4 is 4.74 Å². The van der Waals surface area contributed by atoms with E-state index in [1.165, 1.54) is 48.6 Å². The van der Waals surface area contributed by atoms with Gasteiger partial charge in [0.25, 0.3) is 5.90 Å². The highest BCUT2D eigenvalue weighted by Crippen LogP contribution is 2.24. The van der Waals surface area contributed by atoms with Gasteiger partial charge >= 0.3 is 0 Å². The molecule has 0 bridgehead atoms. The van der Waals surface area contributed by atoms with E-state index in [-0.39, 0.29) is 24.1 Å². The smallest absolute Gasteiger partial charge is 0.262 e. The second-order valence-corrected chi connectivity index (χ2v) is 7.96. The van der Waals surface area contributed by atoms with E-state index < -0.39 is 11.6 Å². The Morgan fingerprint density at radius 3 is 2.32 bits per heavy atom. The van der Waals surface area contributed by atoms with Crippen molar-refractivity contribution in [1.29, 1.82) is 0 Å². The maximum absolute atomic E-state index is 13.4. The molecule has 0 atom stereocenters. The fraction of sp³-hybridized carbons (Fsp3) is 0.0333. The van der Waals surface area contributed by atoms with Crippen molar-refractivity contribution in [3.05, 3.63) is 143 Å². The van der Waals surface area contributed by atoms with Gasteiger partial charge in [0.15, 0.2) is 5.78 Å². The van der Waals surface area contributed by atoms with Crippen LogP contribution in [0.2, 0.25) is 0 Å². The van der Waals surface area contributed by atoms with E-state index in [0.29, 0.717) is 22.6 Å². The van der Waals surface area contributed by atoms with Crippen LogP contribution >= 0.6 is 0 Å². The molecule has 0 unspecified atom stereocenters. The zero-order valence-corrected chi connectivity index (χ0v) is 20.0. The molecule has 1 aromatic heterocycles. The number of hydrogen-bond acceptors (Lipinski definition) is 6. The zero-order chi connectivity index (χ0) is 26.7. The summed E-state index contributed by atoms with van der Waals surface area (Å²) in [5, 5.41) is 12.8. The molecule has 4 rings (SSSR count). The minimum atomic E-state index is -0.470. The fourth-order valence-electron chi connectivity index (χ4n) is 3.31. The number of halogens is 2. The lowest BCUT2D eigenvalue weighted by Crippen LogP contribution is -2.08. The van der Waals surface area contributed by atoms with Crippen molar-refractivity contribution >= 4 is 23.5 Å². The molecule has 0 aliphatic carbocycles. The molecule has 3 aromatic carbocycles. The number of rotatable bonds is 9. The summed E-state index contributed by atoms with van der Waals surface area (Å²) in [5.41, 5.74) is 2.10. The molecule has 0 aliphatic heterocycles. The molecule has 0 aliphatic rings. The molecule has 4 aromatic rings. The Hall–Kier alpha value is -5.11. The van der Waals surface area contributed by atoms with Gasteiger partial charge in [0.1, 0.15) is 29.8 Å². The van der Waals surface area contributed by atoms with Gasteiger partial charge in [0.2, 0.25) is 0 Å². The van der Waals surface area contributed by atoms with E-state index in [9.17, 15) is 18.8 Å². The molecule has 0 amide bonds. The summed E-state index contributed by atoms with van der Waals surface area (Å²) in [6.45, 7) is 0.189. The number of ketones is 1. The van der Waals surface area contributed by atoms with E-state index >= 15 is 0 Å². The van der Waals surface area contributed by atoms with Crippen molar-refractivity contribution in [3.8, 4) is 5.75 Å². The van der Waals surface area contributed by atoms with Crippen molar-refractivity contribution in [3.63, 3.8) is 0 Å². The van der Waals surface area contributed by atoms with Gasteiger partial charge in [-0.1, -0.05) is 30.3 Å². The van der Waals surface area contributed by atoms with E-state index in [0.717, 1.165) is 5.56 Å². The highest BCUT2D eigenvalue weighted by atomic mass is 19.1. The molecule has 190 valence electrons. The molecular formula is C30H22F2N2O4. The number of carbonyl (C=O) groups excluding carboxylic acids is 1. The van der Waals surface area contributed by atoms with Gasteiger partial charge in [-0.2, -0.15) is 0 Å². The number of oxime groups is 1. The minimum absolute atomic E-state index is 0.0602. The highest BCUT2D eigenvalue weighted by molar-refractivity contribution is 6.07. The lowest BCUT2D eigenvalue weighted by molar-refractivity contribution is -0.110. The summed E-state index contributed by atoms with van der Waals surface area (Å²) < 4.78 is 38.2. The maximum Gasteiger partial charge on any atom is 0.262 e. The van der Waals surface area contributed by atoms with E-state index in [1.807, 2.05) is 0 Å². The predicted octanol–water partition coefficient (Wildman–Crippen LogP) is 6.41.